The van der Waals surface area contributed by atoms with Crippen molar-refractivity contribution in [2.45, 2.75) is 6.04 Å². The Hall–Kier alpha value is -2.05. The summed E-state index contributed by atoms with van der Waals surface area (Å²) >= 11 is 5.91. The number of nitrogens with one attached hydrogen (secondary N) is 1. The van der Waals surface area contributed by atoms with Crippen LogP contribution in [-0.4, -0.2) is 52.7 Å². The summed E-state index contributed by atoms with van der Waals surface area (Å²) in [4.78, 5) is 28.0. The van der Waals surface area contributed by atoms with Gasteiger partial charge >= 0.3 is 5.97 Å². The molecule has 2 aromatic rings. The molecule has 0 radical (unpaired) electrons. The number of benzene rings is 1. The molecule has 6 nitrogen and oxygen atoms in total. The summed E-state index contributed by atoms with van der Waals surface area (Å²) in [6.07, 6.45) is 0. The van der Waals surface area contributed by atoms with E-state index in [1.54, 1.807) is 24.3 Å². The highest BCUT2D eigenvalue weighted by molar-refractivity contribution is 6.31. The average Bonchev–Trinajstić information content (AvgIpc) is 2.89. The van der Waals surface area contributed by atoms with Gasteiger partial charge in [-0.25, -0.2) is 4.79 Å². The largest absolute Gasteiger partial charge is 0.480 e. The number of carbonyl (C=O) groups excluding carboxylic acids is 1. The maximum Gasteiger partial charge on any atom is 0.328 e. The first kappa shape index (κ1) is 13.9. The quantitative estimate of drug-likeness (QED) is 0.885. The fourth-order valence-corrected chi connectivity index (χ4v) is 2.59. The monoisotopic (exact) mass is 308 g/mol. The van der Waals surface area contributed by atoms with Crippen molar-refractivity contribution in [2.24, 2.45) is 0 Å². The fraction of sp³-hybridized carbons (Fsp3) is 0.286. The first-order chi connectivity index (χ1) is 10.1. The van der Waals surface area contributed by atoms with Crippen molar-refractivity contribution < 1.29 is 19.4 Å². The zero-order valence-corrected chi connectivity index (χ0v) is 11.8. The number of halogens is 1. The molecule has 21 heavy (non-hydrogen) atoms. The van der Waals surface area contributed by atoms with E-state index in [-0.39, 0.29) is 19.1 Å². The number of carbonyl (C=O) groups is 2. The van der Waals surface area contributed by atoms with Crippen LogP contribution in [0, 0.1) is 0 Å². The van der Waals surface area contributed by atoms with Gasteiger partial charge in [0, 0.05) is 22.5 Å². The molecular weight excluding hydrogens is 296 g/mol. The summed E-state index contributed by atoms with van der Waals surface area (Å²) in [6.45, 7) is 0.598. The topological polar surface area (TPSA) is 82.6 Å². The van der Waals surface area contributed by atoms with Crippen LogP contribution < -0.4 is 0 Å². The number of nitrogens with zero attached hydrogens (tertiary/aromatic N) is 1. The van der Waals surface area contributed by atoms with E-state index >= 15 is 0 Å². The molecule has 1 aliphatic rings. The Morgan fingerprint density at radius 3 is 2.95 bits per heavy atom. The zero-order chi connectivity index (χ0) is 15.0. The minimum atomic E-state index is -1.07. The molecule has 1 atom stereocenters. The number of aromatic nitrogens is 1. The van der Waals surface area contributed by atoms with Crippen LogP contribution in [0.4, 0.5) is 0 Å². The Morgan fingerprint density at radius 1 is 1.38 bits per heavy atom. The lowest BCUT2D eigenvalue weighted by atomic mass is 10.2. The Morgan fingerprint density at radius 2 is 2.19 bits per heavy atom. The number of aromatic amines is 1. The van der Waals surface area contributed by atoms with E-state index in [2.05, 4.69) is 4.98 Å². The van der Waals surface area contributed by atoms with Gasteiger partial charge in [0.15, 0.2) is 6.04 Å². The maximum atomic E-state index is 12.5. The van der Waals surface area contributed by atoms with Crippen molar-refractivity contribution in [3.63, 3.8) is 0 Å². The first-order valence-corrected chi connectivity index (χ1v) is 6.84. The highest BCUT2D eigenvalue weighted by Crippen LogP contribution is 2.21. The minimum Gasteiger partial charge on any atom is -0.480 e. The van der Waals surface area contributed by atoms with Gasteiger partial charge in [0.1, 0.15) is 5.69 Å². The standard InChI is InChI=1S/C14H13ClN2O4/c15-9-2-1-8-5-11(16-10(8)6-9)13(18)17-3-4-21-7-12(17)14(19)20/h1-2,5-6,12,16H,3-4,7H2,(H,19,20). The molecule has 3 rings (SSSR count). The third-order valence-corrected chi connectivity index (χ3v) is 3.72. The van der Waals surface area contributed by atoms with Crippen LogP contribution >= 0.6 is 11.6 Å². The Bertz CT molecular complexity index is 712. The molecule has 0 saturated carbocycles. The van der Waals surface area contributed by atoms with Crippen LogP contribution in [0.3, 0.4) is 0 Å². The number of rotatable bonds is 2. The van der Waals surface area contributed by atoms with E-state index in [4.69, 9.17) is 16.3 Å². The number of hydrogen-bond donors (Lipinski definition) is 2. The summed E-state index contributed by atoms with van der Waals surface area (Å²) < 4.78 is 5.13. The molecule has 1 fully saturated rings. The Labute approximate surface area is 125 Å². The van der Waals surface area contributed by atoms with Crippen LogP contribution in [0.25, 0.3) is 10.9 Å². The predicted octanol–water partition coefficient (Wildman–Crippen LogP) is 1.75. The van der Waals surface area contributed by atoms with Gasteiger partial charge in [-0.15, -0.1) is 0 Å². The van der Waals surface area contributed by atoms with Crippen molar-refractivity contribution in [3.8, 4) is 0 Å². The third kappa shape index (κ3) is 2.59. The number of hydrogen-bond acceptors (Lipinski definition) is 3. The van der Waals surface area contributed by atoms with Gasteiger partial charge in [-0.05, 0) is 18.2 Å². The van der Waals surface area contributed by atoms with Crippen LogP contribution in [0.5, 0.6) is 0 Å². The molecular formula is C14H13ClN2O4. The van der Waals surface area contributed by atoms with Gasteiger partial charge in [0.05, 0.1) is 13.2 Å². The smallest absolute Gasteiger partial charge is 0.328 e. The number of aliphatic carboxylic acids is 1. The SMILES string of the molecule is O=C(O)C1COCCN1C(=O)c1cc2ccc(Cl)cc2[nH]1. The molecule has 7 heteroatoms. The number of morpholine rings is 1. The van der Waals surface area contributed by atoms with Crippen LogP contribution in [0.1, 0.15) is 10.5 Å². The summed E-state index contributed by atoms with van der Waals surface area (Å²) in [5.74, 6) is -1.42. The predicted molar refractivity (Wildman–Crippen MR) is 76.6 cm³/mol. The normalized spacial score (nSPS) is 18.9. The number of H-pyrrole nitrogens is 1. The van der Waals surface area contributed by atoms with Crippen molar-refractivity contribution in [1.29, 1.82) is 0 Å². The second-order valence-electron chi connectivity index (χ2n) is 4.84. The molecule has 0 aliphatic carbocycles. The van der Waals surface area contributed by atoms with Crippen LogP contribution in [0.2, 0.25) is 5.02 Å². The highest BCUT2D eigenvalue weighted by atomic mass is 35.5. The number of fused-ring (bicyclic) bond motifs is 1. The van der Waals surface area contributed by atoms with Crippen molar-refractivity contribution >= 4 is 34.4 Å². The van der Waals surface area contributed by atoms with Crippen molar-refractivity contribution in [3.05, 3.63) is 35.0 Å². The van der Waals surface area contributed by atoms with Gasteiger partial charge in [-0.1, -0.05) is 17.7 Å². The molecule has 2 N–H and O–H groups in total. The van der Waals surface area contributed by atoms with E-state index in [1.807, 2.05) is 0 Å². The summed E-state index contributed by atoms with van der Waals surface area (Å²) in [6, 6.07) is 6.00. The Kier molecular flexibility index (Phi) is 3.57. The summed E-state index contributed by atoms with van der Waals surface area (Å²) in [7, 11) is 0. The molecule has 0 spiro atoms. The Balaban J connectivity index is 1.93. The van der Waals surface area contributed by atoms with E-state index in [0.29, 0.717) is 17.3 Å². The third-order valence-electron chi connectivity index (χ3n) is 3.49. The number of ether oxygens (including phenoxy) is 1. The van der Waals surface area contributed by atoms with E-state index < -0.39 is 12.0 Å². The summed E-state index contributed by atoms with van der Waals surface area (Å²) in [5.41, 5.74) is 1.09. The molecule has 1 aromatic heterocycles. The van der Waals surface area contributed by atoms with E-state index in [0.717, 1.165) is 10.9 Å². The molecule has 1 saturated heterocycles. The molecule has 1 aliphatic heterocycles. The second kappa shape index (κ2) is 5.38. The highest BCUT2D eigenvalue weighted by Gasteiger charge is 2.33. The maximum absolute atomic E-state index is 12.5. The lowest BCUT2D eigenvalue weighted by Gasteiger charge is -2.32. The number of carboxylic acid groups (broad SMARTS) is 1. The van der Waals surface area contributed by atoms with Crippen molar-refractivity contribution in [2.75, 3.05) is 19.8 Å². The van der Waals surface area contributed by atoms with Gasteiger partial charge in [-0.3, -0.25) is 4.79 Å². The summed E-state index contributed by atoms with van der Waals surface area (Å²) in [5, 5.41) is 10.6. The molecule has 110 valence electrons. The lowest BCUT2D eigenvalue weighted by Crippen LogP contribution is -2.52. The van der Waals surface area contributed by atoms with Gasteiger partial charge < -0.3 is 19.7 Å². The zero-order valence-electron chi connectivity index (χ0n) is 11.0. The van der Waals surface area contributed by atoms with E-state index in [1.165, 1.54) is 4.90 Å². The van der Waals surface area contributed by atoms with Gasteiger partial charge in [0.25, 0.3) is 5.91 Å². The fourth-order valence-electron chi connectivity index (χ4n) is 2.42. The van der Waals surface area contributed by atoms with Crippen LogP contribution in [-0.2, 0) is 9.53 Å². The molecule has 2 heterocycles. The molecule has 1 amide bonds. The average molecular weight is 309 g/mol. The second-order valence-corrected chi connectivity index (χ2v) is 5.28. The molecule has 1 unspecified atom stereocenters. The van der Waals surface area contributed by atoms with Crippen molar-refractivity contribution in [1.82, 2.24) is 9.88 Å². The van der Waals surface area contributed by atoms with Crippen LogP contribution in [0.15, 0.2) is 24.3 Å². The van der Waals surface area contributed by atoms with E-state index in [9.17, 15) is 14.7 Å². The number of amides is 1. The number of carboxylic acids is 1. The van der Waals surface area contributed by atoms with Gasteiger partial charge in [0.2, 0.25) is 0 Å². The first-order valence-electron chi connectivity index (χ1n) is 6.46. The molecule has 1 aromatic carbocycles. The molecule has 0 bridgehead atoms. The van der Waals surface area contributed by atoms with Gasteiger partial charge in [-0.2, -0.15) is 0 Å². The minimum absolute atomic E-state index is 0.00707. The lowest BCUT2D eigenvalue weighted by molar-refractivity contribution is -0.147.